The second kappa shape index (κ2) is 5.40. The van der Waals surface area contributed by atoms with E-state index < -0.39 is 0 Å². The number of hydrogen-bond donors (Lipinski definition) is 0. The highest BCUT2D eigenvalue weighted by Crippen LogP contribution is 2.32. The van der Waals surface area contributed by atoms with Crippen molar-refractivity contribution in [2.24, 2.45) is 0 Å². The Bertz CT molecular complexity index is 849. The van der Waals surface area contributed by atoms with Crippen molar-refractivity contribution in [3.8, 4) is 0 Å². The first-order valence-corrected chi connectivity index (χ1v) is 6.76. The van der Waals surface area contributed by atoms with Gasteiger partial charge in [-0.15, -0.1) is 0 Å². The lowest BCUT2D eigenvalue weighted by Crippen LogP contribution is -2.12. The number of rotatable bonds is 3. The molecule has 0 bridgehead atoms. The van der Waals surface area contributed by atoms with Crippen molar-refractivity contribution in [2.75, 3.05) is 11.9 Å². The van der Waals surface area contributed by atoms with Crippen molar-refractivity contribution >= 4 is 28.1 Å². The molecule has 1 heterocycles. The summed E-state index contributed by atoms with van der Waals surface area (Å²) < 4.78 is 0. The predicted molar refractivity (Wildman–Crippen MR) is 85.4 cm³/mol. The molecule has 3 aromatic rings. The van der Waals surface area contributed by atoms with Gasteiger partial charge in [-0.2, -0.15) is 0 Å². The summed E-state index contributed by atoms with van der Waals surface area (Å²) in [5.41, 5.74) is 2.30. The number of fused-ring (bicyclic) bond motifs is 1. The fraction of sp³-hybridized carbons (Fsp3) is 0.125. The Labute approximate surface area is 127 Å². The summed E-state index contributed by atoms with van der Waals surface area (Å²) in [6.45, 7) is 1.71. The minimum atomic E-state index is -0.381. The molecule has 0 fully saturated rings. The van der Waals surface area contributed by atoms with Gasteiger partial charge >= 0.3 is 0 Å². The molecule has 6 nitrogen and oxygen atoms in total. The van der Waals surface area contributed by atoms with Gasteiger partial charge < -0.3 is 4.90 Å². The summed E-state index contributed by atoms with van der Waals surface area (Å²) in [4.78, 5) is 21.2. The molecule has 0 aliphatic carbocycles. The van der Waals surface area contributed by atoms with E-state index >= 15 is 0 Å². The van der Waals surface area contributed by atoms with Crippen molar-refractivity contribution < 1.29 is 4.92 Å². The molecular formula is C16H14N4O2. The van der Waals surface area contributed by atoms with Crippen LogP contribution in [0.2, 0.25) is 0 Å². The van der Waals surface area contributed by atoms with Gasteiger partial charge in [0.15, 0.2) is 0 Å². The molecule has 0 saturated carbocycles. The van der Waals surface area contributed by atoms with Crippen molar-refractivity contribution in [2.45, 2.75) is 6.92 Å². The SMILES string of the molecule is Cc1cc2ncnc(N(C)c3ccccc3)c2cc1[N+](=O)[O-]. The largest absolute Gasteiger partial charge is 0.329 e. The highest BCUT2D eigenvalue weighted by Gasteiger charge is 2.17. The first-order valence-electron chi connectivity index (χ1n) is 6.76. The van der Waals surface area contributed by atoms with E-state index in [-0.39, 0.29) is 10.6 Å². The van der Waals surface area contributed by atoms with Crippen LogP contribution in [0.5, 0.6) is 0 Å². The second-order valence-electron chi connectivity index (χ2n) is 5.00. The number of para-hydroxylation sites is 1. The molecule has 2 aromatic carbocycles. The summed E-state index contributed by atoms with van der Waals surface area (Å²) in [6, 6.07) is 13.0. The zero-order valence-electron chi connectivity index (χ0n) is 12.2. The predicted octanol–water partition coefficient (Wildman–Crippen LogP) is 3.61. The minimum absolute atomic E-state index is 0.0741. The van der Waals surface area contributed by atoms with Crippen LogP contribution in [0.3, 0.4) is 0 Å². The average molecular weight is 294 g/mol. The number of anilines is 2. The first kappa shape index (κ1) is 13.9. The third-order valence-corrected chi connectivity index (χ3v) is 3.59. The first-order chi connectivity index (χ1) is 10.6. The minimum Gasteiger partial charge on any atom is -0.329 e. The van der Waals surface area contributed by atoms with E-state index in [2.05, 4.69) is 9.97 Å². The summed E-state index contributed by atoms with van der Waals surface area (Å²) in [5, 5.41) is 11.8. The Kier molecular flexibility index (Phi) is 3.42. The zero-order chi connectivity index (χ0) is 15.7. The molecule has 0 aliphatic heterocycles. The van der Waals surface area contributed by atoms with Gasteiger partial charge in [-0.05, 0) is 25.1 Å². The molecule has 3 rings (SSSR count). The zero-order valence-corrected chi connectivity index (χ0v) is 12.2. The summed E-state index contributed by atoms with van der Waals surface area (Å²) in [7, 11) is 1.88. The van der Waals surface area contributed by atoms with Crippen molar-refractivity contribution in [3.05, 3.63) is 64.5 Å². The quantitative estimate of drug-likeness (QED) is 0.545. The topological polar surface area (TPSA) is 72.2 Å². The van der Waals surface area contributed by atoms with Crippen molar-refractivity contribution in [1.82, 2.24) is 9.97 Å². The van der Waals surface area contributed by atoms with Crippen LogP contribution >= 0.6 is 0 Å². The van der Waals surface area contributed by atoms with Crippen LogP contribution in [0.1, 0.15) is 5.56 Å². The number of aromatic nitrogens is 2. The molecule has 0 radical (unpaired) electrons. The van der Waals surface area contributed by atoms with Crippen LogP contribution in [0, 0.1) is 17.0 Å². The van der Waals surface area contributed by atoms with Crippen LogP contribution in [0.25, 0.3) is 10.9 Å². The Morgan fingerprint density at radius 3 is 2.55 bits per heavy atom. The molecule has 0 spiro atoms. The van der Waals surface area contributed by atoms with E-state index in [0.717, 1.165) is 5.69 Å². The van der Waals surface area contributed by atoms with Gasteiger partial charge in [0.2, 0.25) is 0 Å². The van der Waals surface area contributed by atoms with Gasteiger partial charge in [-0.3, -0.25) is 10.1 Å². The maximum atomic E-state index is 11.2. The standard InChI is InChI=1S/C16H14N4O2/c1-11-8-14-13(9-15(11)20(21)22)16(18-10-17-14)19(2)12-6-4-3-5-7-12/h3-10H,1-2H3. The number of aryl methyl sites for hydroxylation is 1. The van der Waals surface area contributed by atoms with E-state index in [4.69, 9.17) is 0 Å². The van der Waals surface area contributed by atoms with E-state index in [1.807, 2.05) is 42.3 Å². The Morgan fingerprint density at radius 2 is 1.86 bits per heavy atom. The maximum absolute atomic E-state index is 11.2. The van der Waals surface area contributed by atoms with Crippen molar-refractivity contribution in [1.29, 1.82) is 0 Å². The molecule has 0 unspecified atom stereocenters. The number of nitro groups is 1. The van der Waals surface area contributed by atoms with E-state index in [1.165, 1.54) is 6.33 Å². The van der Waals surface area contributed by atoms with Gasteiger partial charge in [0, 0.05) is 24.4 Å². The Hall–Kier alpha value is -3.02. The molecule has 22 heavy (non-hydrogen) atoms. The highest BCUT2D eigenvalue weighted by atomic mass is 16.6. The number of nitro benzene ring substituents is 1. The summed E-state index contributed by atoms with van der Waals surface area (Å²) >= 11 is 0. The number of nitrogens with zero attached hydrogens (tertiary/aromatic N) is 4. The fourth-order valence-corrected chi connectivity index (χ4v) is 2.42. The lowest BCUT2D eigenvalue weighted by atomic mass is 10.1. The van der Waals surface area contributed by atoms with Gasteiger partial charge in [-0.1, -0.05) is 18.2 Å². The Balaban J connectivity index is 2.21. The van der Waals surface area contributed by atoms with Crippen LogP contribution in [-0.4, -0.2) is 21.9 Å². The molecular weight excluding hydrogens is 280 g/mol. The van der Waals surface area contributed by atoms with E-state index in [0.29, 0.717) is 22.3 Å². The molecule has 0 saturated heterocycles. The second-order valence-corrected chi connectivity index (χ2v) is 5.00. The van der Waals surface area contributed by atoms with Gasteiger partial charge in [-0.25, -0.2) is 9.97 Å². The molecule has 1 aromatic heterocycles. The van der Waals surface area contributed by atoms with E-state index in [1.54, 1.807) is 19.1 Å². The smallest absolute Gasteiger partial charge is 0.273 e. The molecule has 0 atom stereocenters. The lowest BCUT2D eigenvalue weighted by molar-refractivity contribution is -0.385. The van der Waals surface area contributed by atoms with E-state index in [9.17, 15) is 10.1 Å². The van der Waals surface area contributed by atoms with Crippen LogP contribution in [0.15, 0.2) is 48.8 Å². The van der Waals surface area contributed by atoms with Crippen molar-refractivity contribution in [3.63, 3.8) is 0 Å². The fourth-order valence-electron chi connectivity index (χ4n) is 2.42. The normalized spacial score (nSPS) is 10.6. The van der Waals surface area contributed by atoms with Gasteiger partial charge in [0.1, 0.15) is 12.1 Å². The van der Waals surface area contributed by atoms with Crippen LogP contribution < -0.4 is 4.90 Å². The number of benzene rings is 2. The third-order valence-electron chi connectivity index (χ3n) is 3.59. The van der Waals surface area contributed by atoms with Gasteiger partial charge in [0.05, 0.1) is 15.8 Å². The van der Waals surface area contributed by atoms with Crippen LogP contribution in [0.4, 0.5) is 17.2 Å². The molecule has 110 valence electrons. The van der Waals surface area contributed by atoms with Gasteiger partial charge in [0.25, 0.3) is 5.69 Å². The highest BCUT2D eigenvalue weighted by molar-refractivity contribution is 5.93. The number of hydrogen-bond acceptors (Lipinski definition) is 5. The van der Waals surface area contributed by atoms with Crippen LogP contribution in [-0.2, 0) is 0 Å². The maximum Gasteiger partial charge on any atom is 0.273 e. The molecule has 0 aliphatic rings. The third kappa shape index (κ3) is 2.35. The molecule has 0 N–H and O–H groups in total. The lowest BCUT2D eigenvalue weighted by Gasteiger charge is -2.19. The summed E-state index contributed by atoms with van der Waals surface area (Å²) in [6.07, 6.45) is 1.47. The molecule has 0 amide bonds. The monoisotopic (exact) mass is 294 g/mol. The Morgan fingerprint density at radius 1 is 1.14 bits per heavy atom. The molecule has 6 heteroatoms. The summed E-state index contributed by atoms with van der Waals surface area (Å²) in [5.74, 6) is 0.638. The average Bonchev–Trinajstić information content (AvgIpc) is 2.53.